The Kier molecular flexibility index (Phi) is 4.50. The SMILES string of the molecule is C=CN(/C=N/N1[C@H](C)CC[C@H]1C)N1[C@H](C)CC[C@H]1C. The van der Waals surface area contributed by atoms with Gasteiger partial charge < -0.3 is 0 Å². The normalized spacial score (nSPS) is 36.3. The van der Waals surface area contributed by atoms with Crippen molar-refractivity contribution < 1.29 is 0 Å². The highest BCUT2D eigenvalue weighted by molar-refractivity contribution is 5.55. The lowest BCUT2D eigenvalue weighted by Gasteiger charge is -2.34. The van der Waals surface area contributed by atoms with E-state index in [9.17, 15) is 0 Å². The highest BCUT2D eigenvalue weighted by Crippen LogP contribution is 2.26. The lowest BCUT2D eigenvalue weighted by atomic mass is 10.2. The standard InChI is InChI=1S/C15H28N4/c1-6-17(19-14(4)9-10-15(19)5)11-16-18-12(2)7-8-13(18)3/h6,11-15H,1,7-10H2,2-5H3/b16-11+/t12-,13-,14-,15-/m1/s1. The molecule has 0 bridgehead atoms. The van der Waals surface area contributed by atoms with Crippen LogP contribution in [0.15, 0.2) is 17.9 Å². The number of nitrogens with zero attached hydrogens (tertiary/aromatic N) is 4. The molecule has 0 N–H and O–H groups in total. The Bertz CT molecular complexity index is 321. The molecule has 2 fully saturated rings. The van der Waals surface area contributed by atoms with Gasteiger partial charge in [0, 0.05) is 30.4 Å². The van der Waals surface area contributed by atoms with Gasteiger partial charge in [0.2, 0.25) is 0 Å². The molecule has 108 valence electrons. The molecule has 2 heterocycles. The molecule has 4 nitrogen and oxygen atoms in total. The molecule has 0 spiro atoms. The summed E-state index contributed by atoms with van der Waals surface area (Å²) in [7, 11) is 0. The van der Waals surface area contributed by atoms with Crippen molar-refractivity contribution >= 4 is 6.34 Å². The third kappa shape index (κ3) is 2.94. The summed E-state index contributed by atoms with van der Waals surface area (Å²) in [4.78, 5) is 0. The van der Waals surface area contributed by atoms with Crippen LogP contribution in [0.5, 0.6) is 0 Å². The van der Waals surface area contributed by atoms with Crippen molar-refractivity contribution in [1.29, 1.82) is 0 Å². The molecular formula is C15H28N4. The van der Waals surface area contributed by atoms with Gasteiger partial charge >= 0.3 is 0 Å². The maximum absolute atomic E-state index is 4.69. The topological polar surface area (TPSA) is 22.1 Å². The molecule has 2 rings (SSSR count). The zero-order valence-electron chi connectivity index (χ0n) is 12.8. The molecule has 0 aromatic rings. The molecule has 2 saturated heterocycles. The van der Waals surface area contributed by atoms with E-state index in [0.29, 0.717) is 24.2 Å². The molecule has 0 aliphatic carbocycles. The van der Waals surface area contributed by atoms with Crippen LogP contribution in [-0.4, -0.2) is 45.5 Å². The minimum absolute atomic E-state index is 0.548. The van der Waals surface area contributed by atoms with Crippen molar-refractivity contribution in [1.82, 2.24) is 15.0 Å². The average Bonchev–Trinajstić information content (AvgIpc) is 2.87. The van der Waals surface area contributed by atoms with Crippen molar-refractivity contribution in [2.75, 3.05) is 0 Å². The molecule has 0 amide bonds. The lowest BCUT2D eigenvalue weighted by molar-refractivity contribution is 0.0472. The Morgan fingerprint density at radius 2 is 1.42 bits per heavy atom. The largest absolute Gasteiger partial charge is 0.290 e. The van der Waals surface area contributed by atoms with E-state index < -0.39 is 0 Å². The van der Waals surface area contributed by atoms with Gasteiger partial charge in [0.25, 0.3) is 0 Å². The summed E-state index contributed by atoms with van der Waals surface area (Å²) in [6.07, 6.45) is 8.77. The van der Waals surface area contributed by atoms with Crippen LogP contribution in [0.2, 0.25) is 0 Å². The molecule has 2 aliphatic rings. The van der Waals surface area contributed by atoms with Gasteiger partial charge in [-0.2, -0.15) is 5.10 Å². The summed E-state index contributed by atoms with van der Waals surface area (Å²) in [6.45, 7) is 13.0. The first kappa shape index (κ1) is 14.4. The van der Waals surface area contributed by atoms with Gasteiger partial charge in [-0.3, -0.25) is 10.0 Å². The van der Waals surface area contributed by atoms with Crippen LogP contribution < -0.4 is 0 Å². The van der Waals surface area contributed by atoms with E-state index in [-0.39, 0.29) is 0 Å². The maximum atomic E-state index is 4.69. The minimum Gasteiger partial charge on any atom is -0.290 e. The van der Waals surface area contributed by atoms with E-state index >= 15 is 0 Å². The predicted octanol–water partition coefficient (Wildman–Crippen LogP) is 3.04. The molecule has 0 aromatic carbocycles. The summed E-state index contributed by atoms with van der Waals surface area (Å²) in [5.41, 5.74) is 0. The highest BCUT2D eigenvalue weighted by Gasteiger charge is 2.31. The molecule has 19 heavy (non-hydrogen) atoms. The number of hydrazone groups is 1. The molecule has 0 saturated carbocycles. The van der Waals surface area contributed by atoms with Gasteiger partial charge in [-0.25, -0.2) is 5.01 Å². The van der Waals surface area contributed by atoms with Gasteiger partial charge in [0.15, 0.2) is 0 Å². The van der Waals surface area contributed by atoms with Crippen molar-refractivity contribution in [2.45, 2.75) is 77.5 Å². The third-order valence-corrected chi connectivity index (χ3v) is 4.57. The summed E-state index contributed by atoms with van der Waals surface area (Å²) >= 11 is 0. The van der Waals surface area contributed by atoms with E-state index in [1.807, 2.05) is 12.5 Å². The van der Waals surface area contributed by atoms with Gasteiger partial charge in [0.05, 0.1) is 0 Å². The van der Waals surface area contributed by atoms with Crippen molar-refractivity contribution in [3.05, 3.63) is 12.8 Å². The van der Waals surface area contributed by atoms with Crippen LogP contribution in [-0.2, 0) is 0 Å². The second-order valence-electron chi connectivity index (χ2n) is 6.10. The smallest absolute Gasteiger partial charge is 0.130 e. The number of rotatable bonds is 4. The average molecular weight is 264 g/mol. The summed E-state index contributed by atoms with van der Waals surface area (Å²) in [5.74, 6) is 0. The Morgan fingerprint density at radius 1 is 0.947 bits per heavy atom. The Labute approximate surface area is 117 Å². The second kappa shape index (κ2) is 5.95. The zero-order valence-corrected chi connectivity index (χ0v) is 12.8. The van der Waals surface area contributed by atoms with E-state index in [4.69, 9.17) is 5.10 Å². The van der Waals surface area contributed by atoms with Crippen LogP contribution >= 0.6 is 0 Å². The highest BCUT2D eigenvalue weighted by atomic mass is 15.7. The van der Waals surface area contributed by atoms with Crippen LogP contribution in [0.25, 0.3) is 0 Å². The maximum Gasteiger partial charge on any atom is 0.130 e. The van der Waals surface area contributed by atoms with Crippen LogP contribution in [0.3, 0.4) is 0 Å². The van der Waals surface area contributed by atoms with Gasteiger partial charge in [0.1, 0.15) is 6.34 Å². The predicted molar refractivity (Wildman–Crippen MR) is 80.5 cm³/mol. The first-order chi connectivity index (χ1) is 9.04. The Hall–Kier alpha value is -1.03. The van der Waals surface area contributed by atoms with Crippen LogP contribution in [0, 0.1) is 0 Å². The molecule has 4 heteroatoms. The van der Waals surface area contributed by atoms with E-state index in [0.717, 1.165) is 0 Å². The first-order valence-corrected chi connectivity index (χ1v) is 7.56. The summed E-state index contributed by atoms with van der Waals surface area (Å²) in [6, 6.07) is 2.22. The third-order valence-electron chi connectivity index (χ3n) is 4.57. The number of hydrazine groups is 1. The quantitative estimate of drug-likeness (QED) is 0.575. The molecule has 0 radical (unpaired) electrons. The lowest BCUT2D eigenvalue weighted by Crippen LogP contribution is -2.44. The Balaban J connectivity index is 2.04. The molecule has 2 aliphatic heterocycles. The molecule has 4 atom stereocenters. The number of hydrogen-bond acceptors (Lipinski definition) is 3. The molecule has 0 aromatic heterocycles. The second-order valence-corrected chi connectivity index (χ2v) is 6.10. The summed E-state index contributed by atoms with van der Waals surface area (Å²) < 4.78 is 0. The van der Waals surface area contributed by atoms with E-state index in [1.165, 1.54) is 25.7 Å². The minimum atomic E-state index is 0.548. The fraction of sp³-hybridized carbons (Fsp3) is 0.800. The monoisotopic (exact) mass is 264 g/mol. The van der Waals surface area contributed by atoms with E-state index in [1.54, 1.807) is 0 Å². The molecule has 0 unspecified atom stereocenters. The van der Waals surface area contributed by atoms with Gasteiger partial charge in [-0.15, -0.1) is 0 Å². The first-order valence-electron chi connectivity index (χ1n) is 7.56. The van der Waals surface area contributed by atoms with Crippen molar-refractivity contribution in [3.8, 4) is 0 Å². The fourth-order valence-corrected chi connectivity index (χ4v) is 3.36. The van der Waals surface area contributed by atoms with Gasteiger partial charge in [-0.05, 0) is 53.4 Å². The van der Waals surface area contributed by atoms with Crippen molar-refractivity contribution in [3.63, 3.8) is 0 Å². The zero-order chi connectivity index (χ0) is 14.0. The van der Waals surface area contributed by atoms with Crippen molar-refractivity contribution in [2.24, 2.45) is 5.10 Å². The molecular weight excluding hydrogens is 236 g/mol. The van der Waals surface area contributed by atoms with Crippen LogP contribution in [0.4, 0.5) is 0 Å². The van der Waals surface area contributed by atoms with Crippen LogP contribution in [0.1, 0.15) is 53.4 Å². The van der Waals surface area contributed by atoms with Gasteiger partial charge in [-0.1, -0.05) is 6.58 Å². The fourth-order valence-electron chi connectivity index (χ4n) is 3.36. The Morgan fingerprint density at radius 3 is 1.89 bits per heavy atom. The number of hydrogen-bond donors (Lipinski definition) is 0. The van der Waals surface area contributed by atoms with E-state index in [2.05, 4.69) is 49.3 Å². The summed E-state index contributed by atoms with van der Waals surface area (Å²) in [5, 5.41) is 11.4.